The van der Waals surface area contributed by atoms with Gasteiger partial charge >= 0.3 is 12.1 Å². The average molecular weight is 427 g/mol. The first kappa shape index (κ1) is 23.4. The van der Waals surface area contributed by atoms with Gasteiger partial charge in [0.05, 0.1) is 13.2 Å². The van der Waals surface area contributed by atoms with Crippen LogP contribution in [0, 0.1) is 0 Å². The SMILES string of the molecule is CCOC(=O)[C@@H](CNC(=O)CNC(=O)c1ccccc1)NC(=O)OCc1ccccc1. The Morgan fingerprint density at radius 3 is 2.16 bits per heavy atom. The van der Waals surface area contributed by atoms with Crippen LogP contribution in [0.3, 0.4) is 0 Å². The van der Waals surface area contributed by atoms with E-state index in [0.29, 0.717) is 5.56 Å². The summed E-state index contributed by atoms with van der Waals surface area (Å²) in [4.78, 5) is 48.2. The number of benzene rings is 2. The number of carbonyl (C=O) groups is 4. The summed E-state index contributed by atoms with van der Waals surface area (Å²) in [6.45, 7) is 1.25. The third kappa shape index (κ3) is 8.57. The predicted molar refractivity (Wildman–Crippen MR) is 112 cm³/mol. The number of carbonyl (C=O) groups excluding carboxylic acids is 4. The van der Waals surface area contributed by atoms with E-state index in [9.17, 15) is 19.2 Å². The van der Waals surface area contributed by atoms with Gasteiger partial charge in [0.25, 0.3) is 5.91 Å². The Bertz CT molecular complexity index is 873. The summed E-state index contributed by atoms with van der Waals surface area (Å²) in [5.41, 5.74) is 1.20. The molecule has 9 nitrogen and oxygen atoms in total. The van der Waals surface area contributed by atoms with Gasteiger partial charge in [0, 0.05) is 12.1 Å². The molecule has 31 heavy (non-hydrogen) atoms. The highest BCUT2D eigenvalue weighted by Gasteiger charge is 2.23. The van der Waals surface area contributed by atoms with Gasteiger partial charge in [-0.1, -0.05) is 48.5 Å². The van der Waals surface area contributed by atoms with Crippen LogP contribution in [0.1, 0.15) is 22.8 Å². The summed E-state index contributed by atoms with van der Waals surface area (Å²) in [6.07, 6.45) is -0.825. The Kier molecular flexibility index (Phi) is 9.54. The molecule has 0 radical (unpaired) electrons. The molecule has 3 amide bonds. The molecule has 1 atom stereocenters. The highest BCUT2D eigenvalue weighted by atomic mass is 16.6. The Hall–Kier alpha value is -3.88. The van der Waals surface area contributed by atoms with Gasteiger partial charge in [0.15, 0.2) is 0 Å². The minimum Gasteiger partial charge on any atom is -0.464 e. The van der Waals surface area contributed by atoms with Crippen molar-refractivity contribution >= 4 is 23.9 Å². The number of nitrogens with one attached hydrogen (secondary N) is 3. The van der Waals surface area contributed by atoms with Crippen molar-refractivity contribution < 1.29 is 28.7 Å². The van der Waals surface area contributed by atoms with E-state index in [0.717, 1.165) is 5.56 Å². The Morgan fingerprint density at radius 1 is 0.871 bits per heavy atom. The average Bonchev–Trinajstić information content (AvgIpc) is 2.80. The molecule has 0 saturated heterocycles. The fourth-order valence-electron chi connectivity index (χ4n) is 2.47. The van der Waals surface area contributed by atoms with E-state index in [2.05, 4.69) is 16.0 Å². The second kappa shape index (κ2) is 12.6. The maximum absolute atomic E-state index is 12.1. The Morgan fingerprint density at radius 2 is 1.52 bits per heavy atom. The van der Waals surface area contributed by atoms with Gasteiger partial charge in [-0.2, -0.15) is 0 Å². The highest BCUT2D eigenvalue weighted by Crippen LogP contribution is 2.01. The van der Waals surface area contributed by atoms with Crippen LogP contribution in [0.4, 0.5) is 4.79 Å². The van der Waals surface area contributed by atoms with Gasteiger partial charge in [0.2, 0.25) is 5.91 Å². The Balaban J connectivity index is 1.81. The summed E-state index contributed by atoms with van der Waals surface area (Å²) >= 11 is 0. The van der Waals surface area contributed by atoms with Crippen molar-refractivity contribution in [2.45, 2.75) is 19.6 Å². The second-order valence-electron chi connectivity index (χ2n) is 6.36. The molecule has 0 aliphatic rings. The lowest BCUT2D eigenvalue weighted by atomic mass is 10.2. The molecule has 2 aromatic rings. The highest BCUT2D eigenvalue weighted by molar-refractivity contribution is 5.96. The van der Waals surface area contributed by atoms with Crippen LogP contribution in [0.5, 0.6) is 0 Å². The second-order valence-corrected chi connectivity index (χ2v) is 6.36. The summed E-state index contributed by atoms with van der Waals surface area (Å²) in [7, 11) is 0. The molecule has 2 rings (SSSR count). The minimum atomic E-state index is -1.14. The van der Waals surface area contributed by atoms with Crippen molar-refractivity contribution in [1.29, 1.82) is 0 Å². The first-order valence-corrected chi connectivity index (χ1v) is 9.73. The molecule has 0 fully saturated rings. The van der Waals surface area contributed by atoms with Crippen molar-refractivity contribution in [2.24, 2.45) is 0 Å². The maximum Gasteiger partial charge on any atom is 0.408 e. The van der Waals surface area contributed by atoms with E-state index in [4.69, 9.17) is 9.47 Å². The molecule has 0 aromatic heterocycles. The zero-order valence-electron chi connectivity index (χ0n) is 17.1. The van der Waals surface area contributed by atoms with Crippen LogP contribution in [0.2, 0.25) is 0 Å². The third-order valence-corrected chi connectivity index (χ3v) is 4.02. The van der Waals surface area contributed by atoms with Crippen molar-refractivity contribution in [3.8, 4) is 0 Å². The summed E-state index contributed by atoms with van der Waals surface area (Å²) in [6, 6.07) is 16.3. The van der Waals surface area contributed by atoms with Crippen LogP contribution in [0.15, 0.2) is 60.7 Å². The smallest absolute Gasteiger partial charge is 0.408 e. The lowest BCUT2D eigenvalue weighted by Crippen LogP contribution is -2.50. The number of amides is 3. The number of rotatable bonds is 10. The quantitative estimate of drug-likeness (QED) is 0.493. The van der Waals surface area contributed by atoms with Gasteiger partial charge in [-0.25, -0.2) is 9.59 Å². The van der Waals surface area contributed by atoms with E-state index in [-0.39, 0.29) is 26.3 Å². The van der Waals surface area contributed by atoms with E-state index in [1.54, 1.807) is 49.4 Å². The van der Waals surface area contributed by atoms with E-state index in [1.807, 2.05) is 18.2 Å². The molecule has 0 bridgehead atoms. The monoisotopic (exact) mass is 427 g/mol. The maximum atomic E-state index is 12.1. The minimum absolute atomic E-state index is 0.0279. The molecule has 164 valence electrons. The largest absolute Gasteiger partial charge is 0.464 e. The number of hydrogen-bond donors (Lipinski definition) is 3. The lowest BCUT2D eigenvalue weighted by Gasteiger charge is -2.18. The summed E-state index contributed by atoms with van der Waals surface area (Å²) in [5.74, 6) is -1.65. The predicted octanol–water partition coefficient (Wildman–Crippen LogP) is 1.39. The van der Waals surface area contributed by atoms with Crippen LogP contribution in [0.25, 0.3) is 0 Å². The topological polar surface area (TPSA) is 123 Å². The van der Waals surface area contributed by atoms with E-state index < -0.39 is 29.9 Å². The van der Waals surface area contributed by atoms with Crippen molar-refractivity contribution in [3.63, 3.8) is 0 Å². The van der Waals surface area contributed by atoms with E-state index in [1.165, 1.54) is 0 Å². The fraction of sp³-hybridized carbons (Fsp3) is 0.273. The number of hydrogen-bond acceptors (Lipinski definition) is 6. The first-order chi connectivity index (χ1) is 15.0. The molecule has 0 spiro atoms. The van der Waals surface area contributed by atoms with Gasteiger partial charge in [-0.15, -0.1) is 0 Å². The van der Waals surface area contributed by atoms with Gasteiger partial charge in [-0.05, 0) is 24.6 Å². The van der Waals surface area contributed by atoms with Gasteiger partial charge in [0.1, 0.15) is 12.6 Å². The molecular weight excluding hydrogens is 402 g/mol. The molecule has 3 N–H and O–H groups in total. The first-order valence-electron chi connectivity index (χ1n) is 9.73. The van der Waals surface area contributed by atoms with Gasteiger partial charge < -0.3 is 25.4 Å². The van der Waals surface area contributed by atoms with Crippen LogP contribution in [-0.4, -0.2) is 49.6 Å². The summed E-state index contributed by atoms with van der Waals surface area (Å²) < 4.78 is 10.0. The number of alkyl carbamates (subject to hydrolysis) is 1. The zero-order chi connectivity index (χ0) is 22.5. The van der Waals surface area contributed by atoms with Crippen LogP contribution < -0.4 is 16.0 Å². The van der Waals surface area contributed by atoms with Crippen LogP contribution >= 0.6 is 0 Å². The molecule has 0 unspecified atom stereocenters. The molecule has 0 heterocycles. The third-order valence-electron chi connectivity index (χ3n) is 4.02. The fourth-order valence-corrected chi connectivity index (χ4v) is 2.47. The molecule has 2 aromatic carbocycles. The van der Waals surface area contributed by atoms with E-state index >= 15 is 0 Å². The van der Waals surface area contributed by atoms with Gasteiger partial charge in [-0.3, -0.25) is 9.59 Å². The molecule has 0 aliphatic heterocycles. The molecule has 9 heteroatoms. The number of esters is 1. The summed E-state index contributed by atoms with van der Waals surface area (Å²) in [5, 5.41) is 7.34. The lowest BCUT2D eigenvalue weighted by molar-refractivity contribution is -0.145. The standard InChI is InChI=1S/C22H25N3O6/c1-2-30-21(28)18(25-22(29)31-15-16-9-5-3-6-10-16)13-23-19(26)14-24-20(27)17-11-7-4-8-12-17/h3-12,18H,2,13-15H2,1H3,(H,23,26)(H,24,27)(H,25,29)/t18-/m1/s1. The zero-order valence-corrected chi connectivity index (χ0v) is 17.1. The molecule has 0 aliphatic carbocycles. The van der Waals surface area contributed by atoms with Crippen molar-refractivity contribution in [2.75, 3.05) is 19.7 Å². The molecule has 0 saturated carbocycles. The molecular formula is C22H25N3O6. The normalized spacial score (nSPS) is 11.0. The van der Waals surface area contributed by atoms with Crippen LogP contribution in [-0.2, 0) is 25.7 Å². The Labute approximate surface area is 180 Å². The number of ether oxygens (including phenoxy) is 2. The van der Waals surface area contributed by atoms with Crippen molar-refractivity contribution in [1.82, 2.24) is 16.0 Å². The van der Waals surface area contributed by atoms with Crippen molar-refractivity contribution in [3.05, 3.63) is 71.8 Å².